The van der Waals surface area contributed by atoms with Crippen molar-refractivity contribution in [3.05, 3.63) is 35.4 Å². The Hall–Kier alpha value is -1.35. The number of likely N-dealkylation sites (tertiary alicyclic amines) is 1. The molecule has 1 aromatic carbocycles. The molecule has 98 valence electrons. The van der Waals surface area contributed by atoms with Gasteiger partial charge < -0.3 is 10.6 Å². The third kappa shape index (κ3) is 2.56. The summed E-state index contributed by atoms with van der Waals surface area (Å²) in [6.07, 6.45) is 1.87. The molecule has 3 nitrogen and oxygen atoms in total. The summed E-state index contributed by atoms with van der Waals surface area (Å²) in [5, 5.41) is 0. The van der Waals surface area contributed by atoms with Gasteiger partial charge in [-0.15, -0.1) is 0 Å². The summed E-state index contributed by atoms with van der Waals surface area (Å²) in [7, 11) is 0. The second-order valence-electron chi connectivity index (χ2n) is 5.34. The first-order valence-electron chi connectivity index (χ1n) is 6.72. The van der Waals surface area contributed by atoms with Crippen LogP contribution in [0.15, 0.2) is 24.3 Å². The lowest BCUT2D eigenvalue weighted by Gasteiger charge is -2.22. The maximum atomic E-state index is 12.6. The second-order valence-corrected chi connectivity index (χ2v) is 5.34. The zero-order chi connectivity index (χ0) is 13.1. The third-order valence-corrected chi connectivity index (χ3v) is 3.71. The summed E-state index contributed by atoms with van der Waals surface area (Å²) in [6.45, 7) is 5.79. The molecule has 2 N–H and O–H groups in total. The molecule has 2 atom stereocenters. The highest BCUT2D eigenvalue weighted by molar-refractivity contribution is 5.96. The Morgan fingerprint density at radius 1 is 1.39 bits per heavy atom. The Morgan fingerprint density at radius 2 is 2.11 bits per heavy atom. The van der Waals surface area contributed by atoms with E-state index in [4.69, 9.17) is 5.73 Å². The number of nitrogens with zero attached hydrogens (tertiary/aromatic N) is 1. The summed E-state index contributed by atoms with van der Waals surface area (Å²) >= 11 is 0. The summed E-state index contributed by atoms with van der Waals surface area (Å²) in [4.78, 5) is 14.6. The Morgan fingerprint density at radius 3 is 2.72 bits per heavy atom. The van der Waals surface area contributed by atoms with Crippen molar-refractivity contribution in [2.75, 3.05) is 13.1 Å². The Bertz CT molecular complexity index is 430. The van der Waals surface area contributed by atoms with Crippen molar-refractivity contribution in [3.8, 4) is 0 Å². The lowest BCUT2D eigenvalue weighted by atomic mass is 10.0. The minimum atomic E-state index is 0.163. The number of nitrogens with two attached hydrogens (primary N) is 1. The van der Waals surface area contributed by atoms with Crippen LogP contribution in [0, 0.1) is 5.92 Å². The molecule has 18 heavy (non-hydrogen) atoms. The van der Waals surface area contributed by atoms with Gasteiger partial charge in [0.25, 0.3) is 5.91 Å². The zero-order valence-electron chi connectivity index (χ0n) is 11.2. The van der Waals surface area contributed by atoms with Gasteiger partial charge in [0.15, 0.2) is 0 Å². The fraction of sp³-hybridized carbons (Fsp3) is 0.533. The van der Waals surface area contributed by atoms with Crippen molar-refractivity contribution < 1.29 is 4.79 Å². The van der Waals surface area contributed by atoms with Gasteiger partial charge in [-0.25, -0.2) is 0 Å². The van der Waals surface area contributed by atoms with E-state index in [1.807, 2.05) is 29.2 Å². The van der Waals surface area contributed by atoms with E-state index in [-0.39, 0.29) is 5.91 Å². The third-order valence-electron chi connectivity index (χ3n) is 3.71. The van der Waals surface area contributed by atoms with Gasteiger partial charge in [0, 0.05) is 18.2 Å². The average molecular weight is 246 g/mol. The number of hydrogen-bond donors (Lipinski definition) is 1. The molecule has 0 bridgehead atoms. The van der Waals surface area contributed by atoms with Crippen molar-refractivity contribution in [1.82, 2.24) is 4.90 Å². The van der Waals surface area contributed by atoms with Gasteiger partial charge in [-0.05, 0) is 43.9 Å². The molecular formula is C15H22N2O. The van der Waals surface area contributed by atoms with Crippen molar-refractivity contribution in [3.63, 3.8) is 0 Å². The van der Waals surface area contributed by atoms with Crippen molar-refractivity contribution in [2.45, 2.75) is 32.7 Å². The SMILES string of the molecule is CC1CC(C)N(C(=O)c2ccccc2CCN)C1. The van der Waals surface area contributed by atoms with Gasteiger partial charge in [0.1, 0.15) is 0 Å². The number of carbonyl (C=O) groups excluding carboxylic acids is 1. The number of amides is 1. The van der Waals surface area contributed by atoms with Crippen LogP contribution in [0.3, 0.4) is 0 Å². The van der Waals surface area contributed by atoms with Gasteiger partial charge in [-0.1, -0.05) is 25.1 Å². The topological polar surface area (TPSA) is 46.3 Å². The Labute approximate surface area is 109 Å². The van der Waals surface area contributed by atoms with Gasteiger partial charge in [0.2, 0.25) is 0 Å². The Balaban J connectivity index is 2.23. The highest BCUT2D eigenvalue weighted by Crippen LogP contribution is 2.25. The fourth-order valence-corrected chi connectivity index (χ4v) is 2.84. The van der Waals surface area contributed by atoms with Crippen molar-refractivity contribution in [1.29, 1.82) is 0 Å². The summed E-state index contributed by atoms with van der Waals surface area (Å²) in [6, 6.07) is 8.17. The van der Waals surface area contributed by atoms with E-state index < -0.39 is 0 Å². The lowest BCUT2D eigenvalue weighted by molar-refractivity contribution is 0.0742. The predicted molar refractivity (Wildman–Crippen MR) is 73.5 cm³/mol. The molecule has 1 saturated heterocycles. The maximum absolute atomic E-state index is 12.6. The number of hydrogen-bond acceptors (Lipinski definition) is 2. The van der Waals surface area contributed by atoms with Crippen LogP contribution in [0.2, 0.25) is 0 Å². The van der Waals surface area contributed by atoms with E-state index in [0.29, 0.717) is 18.5 Å². The number of benzene rings is 1. The van der Waals surface area contributed by atoms with Gasteiger partial charge in [-0.3, -0.25) is 4.79 Å². The minimum absolute atomic E-state index is 0.163. The first-order valence-corrected chi connectivity index (χ1v) is 6.72. The van der Waals surface area contributed by atoms with Crippen LogP contribution in [0.5, 0.6) is 0 Å². The monoisotopic (exact) mass is 246 g/mol. The van der Waals surface area contributed by atoms with E-state index in [1.54, 1.807) is 0 Å². The molecule has 0 spiro atoms. The van der Waals surface area contributed by atoms with Crippen molar-refractivity contribution in [2.24, 2.45) is 11.7 Å². The predicted octanol–water partition coefficient (Wildman–Crippen LogP) is 2.06. The summed E-state index contributed by atoms with van der Waals surface area (Å²) in [5.74, 6) is 0.765. The van der Waals surface area contributed by atoms with Gasteiger partial charge >= 0.3 is 0 Å². The summed E-state index contributed by atoms with van der Waals surface area (Å²) in [5.41, 5.74) is 7.50. The molecule has 1 aliphatic heterocycles. The van der Waals surface area contributed by atoms with E-state index in [2.05, 4.69) is 13.8 Å². The smallest absolute Gasteiger partial charge is 0.254 e. The zero-order valence-corrected chi connectivity index (χ0v) is 11.2. The molecule has 1 amide bonds. The molecular weight excluding hydrogens is 224 g/mol. The maximum Gasteiger partial charge on any atom is 0.254 e. The van der Waals surface area contributed by atoms with Crippen LogP contribution in [0.4, 0.5) is 0 Å². The van der Waals surface area contributed by atoms with Crippen LogP contribution in [0.25, 0.3) is 0 Å². The van der Waals surface area contributed by atoms with Gasteiger partial charge in [-0.2, -0.15) is 0 Å². The second kappa shape index (κ2) is 5.53. The molecule has 1 aliphatic rings. The molecule has 2 unspecified atom stereocenters. The summed E-state index contributed by atoms with van der Waals surface area (Å²) < 4.78 is 0. The highest BCUT2D eigenvalue weighted by Gasteiger charge is 2.31. The van der Waals surface area contributed by atoms with Gasteiger partial charge in [0.05, 0.1) is 0 Å². The largest absolute Gasteiger partial charge is 0.336 e. The molecule has 0 saturated carbocycles. The fourth-order valence-electron chi connectivity index (χ4n) is 2.84. The molecule has 1 aromatic rings. The van der Waals surface area contributed by atoms with E-state index in [0.717, 1.165) is 30.5 Å². The van der Waals surface area contributed by atoms with Crippen LogP contribution in [-0.2, 0) is 6.42 Å². The number of carbonyl (C=O) groups is 1. The molecule has 0 radical (unpaired) electrons. The quantitative estimate of drug-likeness (QED) is 0.887. The molecule has 1 fully saturated rings. The molecule has 3 heteroatoms. The van der Waals surface area contributed by atoms with E-state index in [1.165, 1.54) is 0 Å². The van der Waals surface area contributed by atoms with Crippen LogP contribution < -0.4 is 5.73 Å². The lowest BCUT2D eigenvalue weighted by Crippen LogP contribution is -2.34. The number of rotatable bonds is 3. The molecule has 2 rings (SSSR count). The molecule has 0 aromatic heterocycles. The standard InChI is InChI=1S/C15H22N2O/c1-11-9-12(2)17(10-11)15(18)14-6-4-3-5-13(14)7-8-16/h3-6,11-12H,7-10,16H2,1-2H3. The first kappa shape index (κ1) is 13.1. The Kier molecular flexibility index (Phi) is 4.02. The minimum Gasteiger partial charge on any atom is -0.336 e. The molecule has 1 heterocycles. The van der Waals surface area contributed by atoms with Crippen molar-refractivity contribution >= 4 is 5.91 Å². The van der Waals surface area contributed by atoms with Crippen LogP contribution in [0.1, 0.15) is 36.2 Å². The normalized spacial score (nSPS) is 23.4. The van der Waals surface area contributed by atoms with E-state index in [9.17, 15) is 4.79 Å². The van der Waals surface area contributed by atoms with Crippen LogP contribution in [-0.4, -0.2) is 29.9 Å². The highest BCUT2D eigenvalue weighted by atomic mass is 16.2. The molecule has 0 aliphatic carbocycles. The van der Waals surface area contributed by atoms with E-state index >= 15 is 0 Å². The van der Waals surface area contributed by atoms with Crippen LogP contribution >= 0.6 is 0 Å². The average Bonchev–Trinajstić information content (AvgIpc) is 2.69. The first-order chi connectivity index (χ1) is 8.63.